The molecule has 0 N–H and O–H groups in total. The first kappa shape index (κ1) is 13.5. The van der Waals surface area contributed by atoms with Crippen molar-refractivity contribution in [1.82, 2.24) is 4.98 Å². The maximum absolute atomic E-state index is 13.1. The van der Waals surface area contributed by atoms with Crippen molar-refractivity contribution in [3.8, 4) is 11.6 Å². The number of pyridine rings is 1. The number of benzene rings is 1. The smallest absolute Gasteiger partial charge is 0.222 e. The predicted octanol–water partition coefficient (Wildman–Crippen LogP) is 4.98. The second kappa shape index (κ2) is 5.80. The van der Waals surface area contributed by atoms with E-state index in [4.69, 9.17) is 4.74 Å². The first-order valence-corrected chi connectivity index (χ1v) is 7.16. The molecule has 0 saturated carbocycles. The molecule has 94 valence electrons. The van der Waals surface area contributed by atoms with Gasteiger partial charge in [0, 0.05) is 23.2 Å². The number of nitrogens with zero attached hydrogens (tertiary/aromatic N) is 1. The van der Waals surface area contributed by atoms with Crippen LogP contribution in [0.15, 0.2) is 34.9 Å². The molecule has 0 spiro atoms. The Labute approximate surface area is 121 Å². The van der Waals surface area contributed by atoms with Gasteiger partial charge in [0.1, 0.15) is 11.6 Å². The summed E-state index contributed by atoms with van der Waals surface area (Å²) in [5, 5.41) is 0.741. The van der Waals surface area contributed by atoms with Crippen molar-refractivity contribution in [2.45, 2.75) is 12.3 Å². The molecule has 1 aromatic heterocycles. The Morgan fingerprint density at radius 3 is 2.78 bits per heavy atom. The van der Waals surface area contributed by atoms with Gasteiger partial charge in [-0.1, -0.05) is 15.9 Å². The van der Waals surface area contributed by atoms with Gasteiger partial charge in [-0.15, -0.1) is 0 Å². The average Bonchev–Trinajstić information content (AvgIpc) is 2.36. The zero-order chi connectivity index (χ0) is 13.1. The van der Waals surface area contributed by atoms with Gasteiger partial charge in [0.05, 0.1) is 4.47 Å². The van der Waals surface area contributed by atoms with Gasteiger partial charge in [-0.3, -0.25) is 0 Å². The molecule has 0 atom stereocenters. The van der Waals surface area contributed by atoms with Crippen LogP contribution >= 0.6 is 31.9 Å². The molecule has 0 unspecified atom stereocenters. The summed E-state index contributed by atoms with van der Waals surface area (Å²) in [6.45, 7) is 1.90. The fourth-order valence-corrected chi connectivity index (χ4v) is 2.09. The molecule has 0 saturated heterocycles. The van der Waals surface area contributed by atoms with E-state index in [0.717, 1.165) is 16.5 Å². The Bertz CT molecular complexity index is 575. The van der Waals surface area contributed by atoms with Gasteiger partial charge in [0.15, 0.2) is 0 Å². The zero-order valence-corrected chi connectivity index (χ0v) is 12.8. The highest BCUT2D eigenvalue weighted by atomic mass is 79.9. The van der Waals surface area contributed by atoms with Gasteiger partial charge >= 0.3 is 0 Å². The minimum Gasteiger partial charge on any atom is -0.437 e. The van der Waals surface area contributed by atoms with Crippen LogP contribution in [0.5, 0.6) is 11.6 Å². The van der Waals surface area contributed by atoms with Crippen molar-refractivity contribution in [3.63, 3.8) is 0 Å². The second-order valence-corrected chi connectivity index (χ2v) is 5.19. The van der Waals surface area contributed by atoms with Crippen LogP contribution in [0.1, 0.15) is 11.1 Å². The number of aromatic nitrogens is 1. The Kier molecular flexibility index (Phi) is 4.35. The summed E-state index contributed by atoms with van der Waals surface area (Å²) >= 11 is 6.68. The van der Waals surface area contributed by atoms with Gasteiger partial charge < -0.3 is 4.74 Å². The lowest BCUT2D eigenvalue weighted by molar-refractivity contribution is 0.451. The normalized spacial score (nSPS) is 10.4. The van der Waals surface area contributed by atoms with E-state index in [1.807, 2.05) is 13.0 Å². The summed E-state index contributed by atoms with van der Waals surface area (Å²) in [5.74, 6) is 0.547. The third-order valence-corrected chi connectivity index (χ3v) is 3.64. The third kappa shape index (κ3) is 3.09. The van der Waals surface area contributed by atoms with E-state index < -0.39 is 0 Å². The summed E-state index contributed by atoms with van der Waals surface area (Å²) in [6, 6.07) is 6.27. The highest BCUT2D eigenvalue weighted by molar-refractivity contribution is 9.10. The second-order valence-electron chi connectivity index (χ2n) is 3.78. The Balaban J connectivity index is 2.31. The van der Waals surface area contributed by atoms with Gasteiger partial charge in [-0.05, 0) is 46.6 Å². The van der Waals surface area contributed by atoms with E-state index >= 15 is 0 Å². The molecule has 1 aromatic carbocycles. The van der Waals surface area contributed by atoms with Gasteiger partial charge in [0.25, 0.3) is 0 Å². The van der Waals surface area contributed by atoms with E-state index in [-0.39, 0.29) is 5.82 Å². The fourth-order valence-electron chi connectivity index (χ4n) is 1.46. The minimum atomic E-state index is -0.345. The number of alkyl halides is 1. The Morgan fingerprint density at radius 1 is 1.33 bits per heavy atom. The molecule has 5 heteroatoms. The number of aryl methyl sites for hydroxylation is 1. The van der Waals surface area contributed by atoms with Crippen LogP contribution < -0.4 is 4.74 Å². The van der Waals surface area contributed by atoms with E-state index in [1.165, 1.54) is 12.1 Å². The topological polar surface area (TPSA) is 22.1 Å². The highest BCUT2D eigenvalue weighted by Crippen LogP contribution is 2.31. The van der Waals surface area contributed by atoms with Crippen molar-refractivity contribution in [2.75, 3.05) is 0 Å². The fraction of sp³-hybridized carbons (Fsp3) is 0.154. The van der Waals surface area contributed by atoms with E-state index in [2.05, 4.69) is 36.8 Å². The Morgan fingerprint density at radius 2 is 2.11 bits per heavy atom. The number of hydrogen-bond acceptors (Lipinski definition) is 2. The molecule has 1 heterocycles. The zero-order valence-electron chi connectivity index (χ0n) is 9.58. The standard InChI is InChI=1S/C13H10Br2FNO/c1-8-4-9(6-14)7-17-13(8)18-12-5-10(16)2-3-11(12)15/h2-5,7H,6H2,1H3. The first-order chi connectivity index (χ1) is 8.60. The van der Waals surface area contributed by atoms with Crippen LogP contribution in [-0.2, 0) is 5.33 Å². The van der Waals surface area contributed by atoms with Crippen molar-refractivity contribution < 1.29 is 9.13 Å². The van der Waals surface area contributed by atoms with Crippen molar-refractivity contribution in [3.05, 3.63) is 51.9 Å². The summed E-state index contributed by atoms with van der Waals surface area (Å²) < 4.78 is 19.4. The molecular formula is C13H10Br2FNO. The highest BCUT2D eigenvalue weighted by Gasteiger charge is 2.08. The molecule has 2 rings (SSSR count). The monoisotopic (exact) mass is 373 g/mol. The molecule has 0 amide bonds. The number of ether oxygens (including phenoxy) is 1. The van der Waals surface area contributed by atoms with Crippen LogP contribution in [0, 0.1) is 12.7 Å². The molecular weight excluding hydrogens is 365 g/mol. The number of halogens is 3. The van der Waals surface area contributed by atoms with Crippen LogP contribution in [0.25, 0.3) is 0 Å². The summed E-state index contributed by atoms with van der Waals surface area (Å²) in [6.07, 6.45) is 1.73. The molecule has 0 aliphatic rings. The van der Waals surface area contributed by atoms with Crippen molar-refractivity contribution in [2.24, 2.45) is 0 Å². The quantitative estimate of drug-likeness (QED) is 0.707. The molecule has 2 aromatic rings. The summed E-state index contributed by atoms with van der Waals surface area (Å²) in [4.78, 5) is 4.22. The molecule has 0 radical (unpaired) electrons. The predicted molar refractivity (Wildman–Crippen MR) is 75.8 cm³/mol. The van der Waals surface area contributed by atoms with Gasteiger partial charge in [-0.2, -0.15) is 0 Å². The SMILES string of the molecule is Cc1cc(CBr)cnc1Oc1cc(F)ccc1Br. The van der Waals surface area contributed by atoms with E-state index in [9.17, 15) is 4.39 Å². The number of hydrogen-bond donors (Lipinski definition) is 0. The average molecular weight is 375 g/mol. The minimum absolute atomic E-state index is 0.345. The molecule has 0 aliphatic heterocycles. The molecule has 0 bridgehead atoms. The summed E-state index contributed by atoms with van der Waals surface area (Å²) in [7, 11) is 0. The molecule has 2 nitrogen and oxygen atoms in total. The lowest BCUT2D eigenvalue weighted by Gasteiger charge is -2.09. The molecule has 0 fully saturated rings. The van der Waals surface area contributed by atoms with Gasteiger partial charge in [-0.25, -0.2) is 9.37 Å². The van der Waals surface area contributed by atoms with Crippen molar-refractivity contribution >= 4 is 31.9 Å². The first-order valence-electron chi connectivity index (χ1n) is 5.24. The lowest BCUT2D eigenvalue weighted by atomic mass is 10.2. The number of rotatable bonds is 3. The molecule has 0 aliphatic carbocycles. The maximum atomic E-state index is 13.1. The van der Waals surface area contributed by atoms with Crippen molar-refractivity contribution in [1.29, 1.82) is 0 Å². The maximum Gasteiger partial charge on any atom is 0.222 e. The van der Waals surface area contributed by atoms with E-state index in [0.29, 0.717) is 16.1 Å². The van der Waals surface area contributed by atoms with Crippen LogP contribution in [0.4, 0.5) is 4.39 Å². The Hall–Kier alpha value is -0.940. The summed E-state index contributed by atoms with van der Waals surface area (Å²) in [5.41, 5.74) is 1.97. The van der Waals surface area contributed by atoms with Crippen LogP contribution in [-0.4, -0.2) is 4.98 Å². The van der Waals surface area contributed by atoms with E-state index in [1.54, 1.807) is 12.3 Å². The van der Waals surface area contributed by atoms with Crippen LogP contribution in [0.3, 0.4) is 0 Å². The third-order valence-electron chi connectivity index (χ3n) is 2.34. The largest absolute Gasteiger partial charge is 0.437 e. The molecule has 18 heavy (non-hydrogen) atoms. The van der Waals surface area contributed by atoms with Crippen LogP contribution in [0.2, 0.25) is 0 Å². The lowest BCUT2D eigenvalue weighted by Crippen LogP contribution is -1.94. The van der Waals surface area contributed by atoms with Gasteiger partial charge in [0.2, 0.25) is 5.88 Å².